The summed E-state index contributed by atoms with van der Waals surface area (Å²) in [7, 11) is 2.51. The second kappa shape index (κ2) is 5.37. The minimum atomic E-state index is -0.685. The van der Waals surface area contributed by atoms with Crippen LogP contribution >= 0.6 is 0 Å². The van der Waals surface area contributed by atoms with Gasteiger partial charge in [-0.15, -0.1) is 0 Å². The minimum absolute atomic E-state index is 0.101. The van der Waals surface area contributed by atoms with Crippen molar-refractivity contribution in [3.05, 3.63) is 15.9 Å². The van der Waals surface area contributed by atoms with Crippen molar-refractivity contribution in [2.75, 3.05) is 20.8 Å². The lowest BCUT2D eigenvalue weighted by Crippen LogP contribution is -2.23. The van der Waals surface area contributed by atoms with Crippen molar-refractivity contribution in [3.8, 4) is 11.8 Å². The normalized spacial score (nSPS) is 12.0. The molecular formula is C8H13N5O4. The molecule has 0 radical (unpaired) electrons. The Labute approximate surface area is 96.9 Å². The van der Waals surface area contributed by atoms with Gasteiger partial charge in [-0.1, -0.05) is 0 Å². The minimum Gasteiger partial charge on any atom is -0.476 e. The summed E-state index contributed by atoms with van der Waals surface area (Å²) in [5, 5.41) is 10.8. The van der Waals surface area contributed by atoms with E-state index in [-0.39, 0.29) is 24.1 Å². The first-order chi connectivity index (χ1) is 8.04. The third kappa shape index (κ3) is 2.57. The maximum absolute atomic E-state index is 10.8. The molecular weight excluding hydrogens is 230 g/mol. The molecule has 94 valence electrons. The molecule has 1 unspecified atom stereocenters. The number of aromatic nitrogens is 2. The summed E-state index contributed by atoms with van der Waals surface area (Å²) in [6.07, 6.45) is 0. The first-order valence-electron chi connectivity index (χ1n) is 4.65. The Balaban J connectivity index is 3.38. The average Bonchev–Trinajstić information content (AvgIpc) is 2.35. The molecule has 0 amide bonds. The van der Waals surface area contributed by atoms with Gasteiger partial charge in [-0.25, -0.2) is 0 Å². The zero-order chi connectivity index (χ0) is 13.0. The maximum atomic E-state index is 10.8. The SMILES string of the molecule is COc1nc(C(N)CN)nc(OC)c1[N+](=O)[O-]. The number of nitro groups is 1. The average molecular weight is 243 g/mol. The van der Waals surface area contributed by atoms with Crippen molar-refractivity contribution in [1.29, 1.82) is 0 Å². The Morgan fingerprint density at radius 1 is 1.35 bits per heavy atom. The zero-order valence-electron chi connectivity index (χ0n) is 9.41. The van der Waals surface area contributed by atoms with E-state index < -0.39 is 16.7 Å². The lowest BCUT2D eigenvalue weighted by atomic mass is 10.3. The molecule has 17 heavy (non-hydrogen) atoms. The number of nitrogens with two attached hydrogens (primary N) is 2. The number of rotatable bonds is 5. The van der Waals surface area contributed by atoms with Crippen LogP contribution in [0.2, 0.25) is 0 Å². The molecule has 0 aliphatic rings. The van der Waals surface area contributed by atoms with Gasteiger partial charge in [0.05, 0.1) is 25.2 Å². The molecule has 0 aliphatic carbocycles. The lowest BCUT2D eigenvalue weighted by Gasteiger charge is -2.10. The highest BCUT2D eigenvalue weighted by atomic mass is 16.6. The monoisotopic (exact) mass is 243 g/mol. The molecule has 0 saturated heterocycles. The van der Waals surface area contributed by atoms with Crippen molar-refractivity contribution in [2.45, 2.75) is 6.04 Å². The van der Waals surface area contributed by atoms with Gasteiger partial charge < -0.3 is 20.9 Å². The van der Waals surface area contributed by atoms with Crippen LogP contribution in [0.3, 0.4) is 0 Å². The first kappa shape index (κ1) is 13.1. The van der Waals surface area contributed by atoms with Crippen LogP contribution < -0.4 is 20.9 Å². The predicted octanol–water partition coefficient (Wildman–Crippen LogP) is -0.639. The smallest absolute Gasteiger partial charge is 0.392 e. The van der Waals surface area contributed by atoms with Crippen LogP contribution in [0.15, 0.2) is 0 Å². The second-order valence-electron chi connectivity index (χ2n) is 3.05. The van der Waals surface area contributed by atoms with E-state index in [4.69, 9.17) is 20.9 Å². The van der Waals surface area contributed by atoms with E-state index in [9.17, 15) is 10.1 Å². The van der Waals surface area contributed by atoms with Crippen molar-refractivity contribution >= 4 is 5.69 Å². The van der Waals surface area contributed by atoms with Gasteiger partial charge in [0.2, 0.25) is 0 Å². The fourth-order valence-electron chi connectivity index (χ4n) is 1.14. The van der Waals surface area contributed by atoms with E-state index in [1.807, 2.05) is 0 Å². The summed E-state index contributed by atoms with van der Waals surface area (Å²) in [4.78, 5) is 17.8. The van der Waals surface area contributed by atoms with Crippen molar-refractivity contribution in [2.24, 2.45) is 11.5 Å². The summed E-state index contributed by atoms with van der Waals surface area (Å²) >= 11 is 0. The van der Waals surface area contributed by atoms with E-state index in [1.54, 1.807) is 0 Å². The Kier molecular flexibility index (Phi) is 4.12. The summed E-state index contributed by atoms with van der Waals surface area (Å²) in [5.41, 5.74) is 10.6. The number of nitrogens with zero attached hydrogens (tertiary/aromatic N) is 3. The quantitative estimate of drug-likeness (QED) is 0.514. The highest BCUT2D eigenvalue weighted by molar-refractivity contribution is 5.50. The van der Waals surface area contributed by atoms with Crippen LogP contribution in [0.1, 0.15) is 11.9 Å². The maximum Gasteiger partial charge on any atom is 0.392 e. The van der Waals surface area contributed by atoms with Gasteiger partial charge >= 0.3 is 17.4 Å². The Morgan fingerprint density at radius 2 is 1.82 bits per heavy atom. The van der Waals surface area contributed by atoms with E-state index >= 15 is 0 Å². The third-order valence-electron chi connectivity index (χ3n) is 1.99. The van der Waals surface area contributed by atoms with Crippen LogP contribution in [-0.2, 0) is 0 Å². The van der Waals surface area contributed by atoms with Gasteiger partial charge in [0, 0.05) is 6.54 Å². The largest absolute Gasteiger partial charge is 0.476 e. The van der Waals surface area contributed by atoms with Crippen molar-refractivity contribution in [1.82, 2.24) is 9.97 Å². The summed E-state index contributed by atoms with van der Waals surface area (Å²) in [6.45, 7) is 0.101. The number of hydrogen-bond donors (Lipinski definition) is 2. The summed E-state index contributed by atoms with van der Waals surface area (Å²) in [6, 6.07) is -0.640. The van der Waals surface area contributed by atoms with Gasteiger partial charge in [0.25, 0.3) is 0 Å². The molecule has 0 bridgehead atoms. The van der Waals surface area contributed by atoms with Crippen LogP contribution in [0.4, 0.5) is 5.69 Å². The number of methoxy groups -OCH3 is 2. The van der Waals surface area contributed by atoms with Gasteiger partial charge in [0.15, 0.2) is 5.82 Å². The molecule has 1 aromatic rings. The molecule has 1 aromatic heterocycles. The van der Waals surface area contributed by atoms with Crippen LogP contribution in [0, 0.1) is 10.1 Å². The standard InChI is InChI=1S/C8H13N5O4/c1-16-7-5(13(14)15)8(17-2)12-6(11-7)4(10)3-9/h4H,3,9-10H2,1-2H3. The highest BCUT2D eigenvalue weighted by Crippen LogP contribution is 2.33. The number of ether oxygens (including phenoxy) is 2. The number of hydrogen-bond acceptors (Lipinski definition) is 8. The van der Waals surface area contributed by atoms with Crippen molar-refractivity contribution in [3.63, 3.8) is 0 Å². The molecule has 4 N–H and O–H groups in total. The second-order valence-corrected chi connectivity index (χ2v) is 3.05. The molecule has 0 spiro atoms. The van der Waals surface area contributed by atoms with Gasteiger partial charge in [-0.2, -0.15) is 9.97 Å². The molecule has 1 heterocycles. The summed E-state index contributed by atoms with van der Waals surface area (Å²) in [5.74, 6) is -0.284. The van der Waals surface area contributed by atoms with E-state index in [1.165, 1.54) is 14.2 Å². The fraction of sp³-hybridized carbons (Fsp3) is 0.500. The molecule has 0 aromatic carbocycles. The lowest BCUT2D eigenvalue weighted by molar-refractivity contribution is -0.387. The molecule has 0 saturated carbocycles. The predicted molar refractivity (Wildman–Crippen MR) is 57.8 cm³/mol. The van der Waals surface area contributed by atoms with Gasteiger partial charge in [-0.05, 0) is 0 Å². The summed E-state index contributed by atoms with van der Waals surface area (Å²) < 4.78 is 9.63. The Bertz CT molecular complexity index is 399. The molecule has 0 fully saturated rings. The highest BCUT2D eigenvalue weighted by Gasteiger charge is 2.28. The van der Waals surface area contributed by atoms with Crippen LogP contribution in [0.25, 0.3) is 0 Å². The van der Waals surface area contributed by atoms with Gasteiger partial charge in [-0.3, -0.25) is 10.1 Å². The molecule has 0 aliphatic heterocycles. The molecule has 9 nitrogen and oxygen atoms in total. The van der Waals surface area contributed by atoms with Gasteiger partial charge in [0.1, 0.15) is 0 Å². The third-order valence-corrected chi connectivity index (χ3v) is 1.99. The fourth-order valence-corrected chi connectivity index (χ4v) is 1.14. The van der Waals surface area contributed by atoms with Crippen LogP contribution in [0.5, 0.6) is 11.8 Å². The molecule has 1 atom stereocenters. The zero-order valence-corrected chi connectivity index (χ0v) is 9.41. The van der Waals surface area contributed by atoms with E-state index in [2.05, 4.69) is 9.97 Å². The topological polar surface area (TPSA) is 139 Å². The Hall–Kier alpha value is -2.00. The van der Waals surface area contributed by atoms with E-state index in [0.717, 1.165) is 0 Å². The molecule has 1 rings (SSSR count). The van der Waals surface area contributed by atoms with Crippen LogP contribution in [-0.4, -0.2) is 35.7 Å². The van der Waals surface area contributed by atoms with E-state index in [0.29, 0.717) is 0 Å². The van der Waals surface area contributed by atoms with Crippen molar-refractivity contribution < 1.29 is 14.4 Å². The first-order valence-corrected chi connectivity index (χ1v) is 4.65. The molecule has 9 heteroatoms. The Morgan fingerprint density at radius 3 is 2.12 bits per heavy atom.